The summed E-state index contributed by atoms with van der Waals surface area (Å²) in [5.41, 5.74) is 16.8. The molecule has 56 heavy (non-hydrogen) atoms. The average molecular weight is 713 g/mol. The minimum Gasteiger partial charge on any atom is -0.309 e. The van der Waals surface area contributed by atoms with Gasteiger partial charge in [0.05, 0.1) is 27.8 Å². The third-order valence-corrected chi connectivity index (χ3v) is 11.3. The summed E-state index contributed by atoms with van der Waals surface area (Å²) in [6, 6.07) is 79.4. The molecule has 0 aliphatic rings. The van der Waals surface area contributed by atoms with Crippen LogP contribution in [0.3, 0.4) is 0 Å². The highest BCUT2D eigenvalue weighted by atomic mass is 15.0. The fourth-order valence-electron chi connectivity index (χ4n) is 8.66. The van der Waals surface area contributed by atoms with E-state index in [2.05, 4.69) is 228 Å². The Morgan fingerprint density at radius 1 is 0.232 bits per heavy atom. The van der Waals surface area contributed by atoms with Crippen molar-refractivity contribution in [1.29, 1.82) is 0 Å². The summed E-state index contributed by atoms with van der Waals surface area (Å²) in [6.45, 7) is 0. The van der Waals surface area contributed by atoms with Crippen molar-refractivity contribution in [2.45, 2.75) is 0 Å². The van der Waals surface area contributed by atoms with Gasteiger partial charge in [0, 0.05) is 32.8 Å². The van der Waals surface area contributed by atoms with Crippen LogP contribution in [-0.2, 0) is 0 Å². The highest BCUT2D eigenvalue weighted by molar-refractivity contribution is 6.13. The highest BCUT2D eigenvalue weighted by Gasteiger charge is 2.18. The van der Waals surface area contributed by atoms with Gasteiger partial charge in [-0.1, -0.05) is 164 Å². The van der Waals surface area contributed by atoms with Crippen molar-refractivity contribution in [2.24, 2.45) is 0 Å². The molecule has 0 unspecified atom stereocenters. The van der Waals surface area contributed by atoms with Crippen molar-refractivity contribution < 1.29 is 0 Å². The number of rotatable bonds is 6. The molecule has 2 heteroatoms. The Bertz CT molecular complexity index is 3210. The lowest BCUT2D eigenvalue weighted by molar-refractivity contribution is 1.18. The van der Waals surface area contributed by atoms with Crippen molar-refractivity contribution in [2.75, 3.05) is 0 Å². The molecule has 0 radical (unpaired) electrons. The first-order valence-corrected chi connectivity index (χ1v) is 19.3. The molecule has 0 saturated carbocycles. The van der Waals surface area contributed by atoms with Gasteiger partial charge < -0.3 is 9.13 Å². The maximum absolute atomic E-state index is 2.43. The summed E-state index contributed by atoms with van der Waals surface area (Å²) in [6.07, 6.45) is 0. The summed E-state index contributed by atoms with van der Waals surface area (Å²) in [5.74, 6) is 0. The van der Waals surface area contributed by atoms with E-state index < -0.39 is 0 Å². The summed E-state index contributed by atoms with van der Waals surface area (Å²) >= 11 is 0. The van der Waals surface area contributed by atoms with Crippen molar-refractivity contribution in [3.05, 3.63) is 218 Å². The van der Waals surface area contributed by atoms with Crippen LogP contribution in [0, 0.1) is 0 Å². The molecular formula is C54H36N2. The molecule has 0 saturated heterocycles. The molecule has 2 aromatic heterocycles. The molecule has 11 aromatic rings. The summed E-state index contributed by atoms with van der Waals surface area (Å²) in [5, 5.41) is 4.97. The maximum atomic E-state index is 2.43. The number of hydrogen-bond acceptors (Lipinski definition) is 0. The Labute approximate surface area is 325 Å². The number of hydrogen-bond donors (Lipinski definition) is 0. The first kappa shape index (κ1) is 32.0. The summed E-state index contributed by atoms with van der Waals surface area (Å²) in [7, 11) is 0. The normalized spacial score (nSPS) is 11.6. The molecule has 0 spiro atoms. The Morgan fingerprint density at radius 2 is 0.679 bits per heavy atom. The van der Waals surface area contributed by atoms with E-state index in [4.69, 9.17) is 0 Å². The zero-order valence-electron chi connectivity index (χ0n) is 30.7. The Hall–Kier alpha value is -7.42. The van der Waals surface area contributed by atoms with E-state index >= 15 is 0 Å². The van der Waals surface area contributed by atoms with Crippen molar-refractivity contribution >= 4 is 43.6 Å². The lowest BCUT2D eigenvalue weighted by Crippen LogP contribution is -1.97. The van der Waals surface area contributed by atoms with E-state index in [1.54, 1.807) is 0 Å². The smallest absolute Gasteiger partial charge is 0.0547 e. The van der Waals surface area contributed by atoms with Gasteiger partial charge in [0.1, 0.15) is 0 Å². The van der Waals surface area contributed by atoms with Crippen LogP contribution in [0.2, 0.25) is 0 Å². The molecule has 2 nitrogen and oxygen atoms in total. The van der Waals surface area contributed by atoms with Crippen LogP contribution in [-0.4, -0.2) is 9.13 Å². The summed E-state index contributed by atoms with van der Waals surface area (Å²) in [4.78, 5) is 0. The monoisotopic (exact) mass is 712 g/mol. The number of para-hydroxylation sites is 2. The zero-order valence-corrected chi connectivity index (χ0v) is 30.7. The van der Waals surface area contributed by atoms with E-state index in [1.165, 1.54) is 93.8 Å². The third-order valence-electron chi connectivity index (χ3n) is 11.3. The van der Waals surface area contributed by atoms with Crippen molar-refractivity contribution in [3.8, 4) is 55.9 Å². The van der Waals surface area contributed by atoms with Gasteiger partial charge in [-0.2, -0.15) is 0 Å². The van der Waals surface area contributed by atoms with Gasteiger partial charge in [-0.05, 0) is 93.5 Å². The molecule has 2 heterocycles. The number of fused-ring (bicyclic) bond motifs is 6. The number of benzene rings is 9. The van der Waals surface area contributed by atoms with Gasteiger partial charge in [0.2, 0.25) is 0 Å². The fraction of sp³-hybridized carbons (Fsp3) is 0. The van der Waals surface area contributed by atoms with E-state index in [9.17, 15) is 0 Å². The molecule has 0 bridgehead atoms. The van der Waals surface area contributed by atoms with Crippen molar-refractivity contribution in [1.82, 2.24) is 9.13 Å². The topological polar surface area (TPSA) is 9.86 Å². The second-order valence-electron chi connectivity index (χ2n) is 14.5. The number of aromatic nitrogens is 2. The lowest BCUT2D eigenvalue weighted by atomic mass is 9.99. The molecule has 0 atom stereocenters. The van der Waals surface area contributed by atoms with E-state index in [-0.39, 0.29) is 0 Å². The maximum Gasteiger partial charge on any atom is 0.0547 e. The molecule has 262 valence electrons. The van der Waals surface area contributed by atoms with Crippen LogP contribution >= 0.6 is 0 Å². The molecule has 0 fully saturated rings. The van der Waals surface area contributed by atoms with Gasteiger partial charge in [-0.3, -0.25) is 0 Å². The van der Waals surface area contributed by atoms with Gasteiger partial charge in [0.25, 0.3) is 0 Å². The van der Waals surface area contributed by atoms with Gasteiger partial charge >= 0.3 is 0 Å². The van der Waals surface area contributed by atoms with Crippen LogP contribution in [0.1, 0.15) is 0 Å². The van der Waals surface area contributed by atoms with Crippen molar-refractivity contribution in [3.63, 3.8) is 0 Å². The Morgan fingerprint density at radius 3 is 1.36 bits per heavy atom. The van der Waals surface area contributed by atoms with Gasteiger partial charge in [-0.25, -0.2) is 0 Å². The molecular weight excluding hydrogens is 677 g/mol. The molecule has 0 aliphatic carbocycles. The first-order chi connectivity index (χ1) is 27.8. The quantitative estimate of drug-likeness (QED) is 0.162. The molecule has 11 rings (SSSR count). The first-order valence-electron chi connectivity index (χ1n) is 19.3. The predicted octanol–water partition coefficient (Wildman–Crippen LogP) is 14.5. The Balaban J connectivity index is 1.08. The second-order valence-corrected chi connectivity index (χ2v) is 14.5. The van der Waals surface area contributed by atoms with Crippen LogP contribution < -0.4 is 0 Å². The predicted molar refractivity (Wildman–Crippen MR) is 237 cm³/mol. The molecule has 9 aromatic carbocycles. The third kappa shape index (κ3) is 5.26. The fourth-order valence-corrected chi connectivity index (χ4v) is 8.66. The van der Waals surface area contributed by atoms with Crippen LogP contribution in [0.25, 0.3) is 99.5 Å². The van der Waals surface area contributed by atoms with Gasteiger partial charge in [-0.15, -0.1) is 0 Å². The van der Waals surface area contributed by atoms with Crippen LogP contribution in [0.15, 0.2) is 218 Å². The Kier molecular flexibility index (Phi) is 7.53. The summed E-state index contributed by atoms with van der Waals surface area (Å²) < 4.78 is 4.86. The van der Waals surface area contributed by atoms with Gasteiger partial charge in [0.15, 0.2) is 0 Å². The van der Waals surface area contributed by atoms with E-state index in [1.807, 2.05) is 0 Å². The second kappa shape index (κ2) is 13.2. The van der Waals surface area contributed by atoms with E-state index in [0.717, 1.165) is 5.69 Å². The average Bonchev–Trinajstić information content (AvgIpc) is 3.79. The molecule has 0 amide bonds. The lowest BCUT2D eigenvalue weighted by Gasteiger charge is -2.14. The standard InChI is InChI=1S/C54H36N2/c1-4-14-37(15-5-1)39-24-29-44(30-25-39)55-52-32-27-41(35-49(52)47-31-26-43(36-54(47)55)38-16-6-2-7-17-38)42-28-33-53-48(34-42)46-21-11-13-23-51(46)56(53)50-22-12-10-20-45(50)40-18-8-3-9-19-40/h1-36H. The zero-order chi connectivity index (χ0) is 37.0. The SMILES string of the molecule is c1ccc(-c2ccc(-n3c4ccc(-c5ccc6c(c5)c5ccccc5n6-c5ccccc5-c5ccccc5)cc4c4ccc(-c5ccccc5)cc43)cc2)cc1. The molecule has 0 N–H and O–H groups in total. The molecule has 0 aliphatic heterocycles. The highest BCUT2D eigenvalue weighted by Crippen LogP contribution is 2.41. The van der Waals surface area contributed by atoms with Crippen LogP contribution in [0.5, 0.6) is 0 Å². The van der Waals surface area contributed by atoms with Crippen LogP contribution in [0.4, 0.5) is 0 Å². The largest absolute Gasteiger partial charge is 0.309 e. The minimum atomic E-state index is 1.15. The number of nitrogens with zero attached hydrogens (tertiary/aromatic N) is 2. The minimum absolute atomic E-state index is 1.15. The van der Waals surface area contributed by atoms with E-state index in [0.29, 0.717) is 0 Å².